The summed E-state index contributed by atoms with van der Waals surface area (Å²) < 4.78 is 23.6. The van der Waals surface area contributed by atoms with Gasteiger partial charge >= 0.3 is 5.97 Å². The monoisotopic (exact) mass is 420 g/mol. The Morgan fingerprint density at radius 3 is 2.68 bits per heavy atom. The number of esters is 1. The number of hydrogen-bond donors (Lipinski definition) is 1. The second-order valence-electron chi connectivity index (χ2n) is 6.24. The molecule has 1 aliphatic rings. The summed E-state index contributed by atoms with van der Waals surface area (Å²) in [7, 11) is 1.55. The molecule has 0 aliphatic carbocycles. The maximum atomic E-state index is 13.2. The molecule has 0 bridgehead atoms. The molecule has 0 radical (unpaired) electrons. The molecule has 1 aromatic carbocycles. The fourth-order valence-electron chi connectivity index (χ4n) is 2.97. The molecule has 0 saturated heterocycles. The van der Waals surface area contributed by atoms with Crippen molar-refractivity contribution in [3.63, 3.8) is 0 Å². The van der Waals surface area contributed by atoms with Crippen LogP contribution in [0.5, 0.6) is 0 Å². The van der Waals surface area contributed by atoms with E-state index in [0.717, 1.165) is 10.4 Å². The summed E-state index contributed by atoms with van der Waals surface area (Å²) in [6.07, 6.45) is 0. The number of benzene rings is 1. The minimum Gasteiger partial charge on any atom is -0.460 e. The Kier molecular flexibility index (Phi) is 6.77. The fourth-order valence-corrected chi connectivity index (χ4v) is 4.08. The van der Waals surface area contributed by atoms with E-state index in [-0.39, 0.29) is 18.5 Å². The quantitative estimate of drug-likeness (QED) is 0.418. The molecule has 3 rings (SSSR count). The third-order valence-electron chi connectivity index (χ3n) is 4.42. The minimum atomic E-state index is -0.410. The van der Waals surface area contributed by atoms with E-state index < -0.39 is 5.97 Å². The number of halogens is 1. The Morgan fingerprint density at radius 1 is 1.29 bits per heavy atom. The summed E-state index contributed by atoms with van der Waals surface area (Å²) in [6.45, 7) is 2.77. The molecular formula is C20H21FN2O3S2. The normalized spacial score (nSPS) is 16.9. The van der Waals surface area contributed by atoms with Crippen LogP contribution in [0.4, 0.5) is 4.39 Å². The average molecular weight is 421 g/mol. The van der Waals surface area contributed by atoms with Crippen molar-refractivity contribution in [2.24, 2.45) is 0 Å². The number of carbonyl (C=O) groups is 1. The van der Waals surface area contributed by atoms with E-state index in [1.165, 1.54) is 12.1 Å². The second-order valence-corrected chi connectivity index (χ2v) is 7.60. The van der Waals surface area contributed by atoms with Gasteiger partial charge in [-0.2, -0.15) is 0 Å². The molecule has 1 atom stereocenters. The van der Waals surface area contributed by atoms with Gasteiger partial charge in [-0.15, -0.1) is 11.3 Å². The Bertz CT molecular complexity index is 866. The van der Waals surface area contributed by atoms with Crippen molar-refractivity contribution in [2.75, 3.05) is 20.3 Å². The second kappa shape index (κ2) is 9.27. The Balaban J connectivity index is 1.93. The van der Waals surface area contributed by atoms with Gasteiger partial charge in [0.25, 0.3) is 0 Å². The number of allylic oxidation sites excluding steroid dienone is 1. The molecule has 0 amide bonds. The van der Waals surface area contributed by atoms with Crippen LogP contribution in [0.3, 0.4) is 0 Å². The Labute approximate surface area is 172 Å². The predicted molar refractivity (Wildman–Crippen MR) is 110 cm³/mol. The van der Waals surface area contributed by atoms with Crippen molar-refractivity contribution in [1.82, 2.24) is 10.2 Å². The van der Waals surface area contributed by atoms with Gasteiger partial charge < -0.3 is 19.7 Å². The van der Waals surface area contributed by atoms with Crippen LogP contribution < -0.4 is 5.32 Å². The van der Waals surface area contributed by atoms with Crippen molar-refractivity contribution in [2.45, 2.75) is 19.5 Å². The minimum absolute atomic E-state index is 0.172. The van der Waals surface area contributed by atoms with Gasteiger partial charge in [0, 0.05) is 24.2 Å². The molecule has 1 aromatic heterocycles. The molecule has 0 fully saturated rings. The number of hydrogen-bond acceptors (Lipinski definition) is 5. The standard InChI is InChI=1S/C20H21FN2O3S2/c1-13-17(19(24)26-10-9-25-2)18(16-4-3-11-28-16)22-20(27)23(13)12-14-5-7-15(21)8-6-14/h3-8,11,18H,9-10,12H2,1-2H3,(H,22,27)/t18-/m0/s1. The van der Waals surface area contributed by atoms with Crippen LogP contribution in [0.15, 0.2) is 53.0 Å². The van der Waals surface area contributed by atoms with Crippen LogP contribution >= 0.6 is 23.6 Å². The average Bonchev–Trinajstić information content (AvgIpc) is 3.21. The predicted octanol–water partition coefficient (Wildman–Crippen LogP) is 3.78. The zero-order chi connectivity index (χ0) is 20.1. The first-order chi connectivity index (χ1) is 13.5. The van der Waals surface area contributed by atoms with Gasteiger partial charge in [0.05, 0.1) is 18.2 Å². The number of nitrogens with zero attached hydrogens (tertiary/aromatic N) is 1. The highest BCUT2D eigenvalue weighted by Gasteiger charge is 2.35. The van der Waals surface area contributed by atoms with Gasteiger partial charge in [0.1, 0.15) is 12.4 Å². The molecule has 1 aliphatic heterocycles. The Morgan fingerprint density at radius 2 is 2.04 bits per heavy atom. The van der Waals surface area contributed by atoms with Crippen LogP contribution in [-0.2, 0) is 20.8 Å². The fraction of sp³-hybridized carbons (Fsp3) is 0.300. The molecule has 0 spiro atoms. The smallest absolute Gasteiger partial charge is 0.338 e. The summed E-state index contributed by atoms with van der Waals surface area (Å²) in [4.78, 5) is 15.7. The number of thiophene rings is 1. The highest BCUT2D eigenvalue weighted by Crippen LogP contribution is 2.34. The third-order valence-corrected chi connectivity index (χ3v) is 5.69. The van der Waals surface area contributed by atoms with Crippen molar-refractivity contribution < 1.29 is 18.7 Å². The number of methoxy groups -OCH3 is 1. The number of thiocarbonyl (C=S) groups is 1. The summed E-state index contributed by atoms with van der Waals surface area (Å²) in [6, 6.07) is 9.73. The largest absolute Gasteiger partial charge is 0.460 e. The van der Waals surface area contributed by atoms with Crippen LogP contribution in [0.2, 0.25) is 0 Å². The SMILES string of the molecule is COCCOC(=O)C1=C(C)N(Cc2ccc(F)cc2)C(=S)N[C@H]1c1cccs1. The van der Waals surface area contributed by atoms with E-state index >= 15 is 0 Å². The first-order valence-electron chi connectivity index (χ1n) is 8.74. The zero-order valence-electron chi connectivity index (χ0n) is 15.6. The highest BCUT2D eigenvalue weighted by atomic mass is 32.1. The molecule has 5 nitrogen and oxygen atoms in total. The van der Waals surface area contributed by atoms with Crippen molar-refractivity contribution in [1.29, 1.82) is 0 Å². The van der Waals surface area contributed by atoms with Crippen LogP contribution in [0.25, 0.3) is 0 Å². The lowest BCUT2D eigenvalue weighted by Crippen LogP contribution is -2.47. The first-order valence-corrected chi connectivity index (χ1v) is 10.0. The van der Waals surface area contributed by atoms with E-state index in [1.54, 1.807) is 30.6 Å². The lowest BCUT2D eigenvalue weighted by molar-refractivity contribution is -0.140. The highest BCUT2D eigenvalue weighted by molar-refractivity contribution is 7.80. The summed E-state index contributed by atoms with van der Waals surface area (Å²) in [5.74, 6) is -0.706. The first kappa shape index (κ1) is 20.4. The van der Waals surface area contributed by atoms with Gasteiger partial charge in [-0.3, -0.25) is 0 Å². The molecular weight excluding hydrogens is 399 g/mol. The van der Waals surface area contributed by atoms with Gasteiger partial charge in [0.2, 0.25) is 0 Å². The molecule has 148 valence electrons. The number of nitrogens with one attached hydrogen (secondary N) is 1. The van der Waals surface area contributed by atoms with Crippen molar-refractivity contribution in [3.8, 4) is 0 Å². The van der Waals surface area contributed by atoms with Crippen LogP contribution in [0, 0.1) is 5.82 Å². The van der Waals surface area contributed by atoms with Crippen molar-refractivity contribution in [3.05, 3.63) is 69.3 Å². The maximum absolute atomic E-state index is 13.2. The topological polar surface area (TPSA) is 50.8 Å². The van der Waals surface area contributed by atoms with E-state index in [1.807, 2.05) is 29.3 Å². The third kappa shape index (κ3) is 4.57. The summed E-state index contributed by atoms with van der Waals surface area (Å²) in [5, 5.41) is 5.72. The number of carbonyl (C=O) groups excluding carboxylic acids is 1. The van der Waals surface area contributed by atoms with Gasteiger partial charge in [-0.05, 0) is 48.3 Å². The number of ether oxygens (including phenoxy) is 2. The molecule has 2 aromatic rings. The zero-order valence-corrected chi connectivity index (χ0v) is 17.2. The molecule has 0 saturated carbocycles. The van der Waals surface area contributed by atoms with Crippen molar-refractivity contribution >= 4 is 34.6 Å². The molecule has 28 heavy (non-hydrogen) atoms. The van der Waals surface area contributed by atoms with Gasteiger partial charge in [-0.1, -0.05) is 18.2 Å². The molecule has 1 N–H and O–H groups in total. The maximum Gasteiger partial charge on any atom is 0.338 e. The van der Waals surface area contributed by atoms with Crippen LogP contribution in [-0.4, -0.2) is 36.3 Å². The van der Waals surface area contributed by atoms with E-state index in [2.05, 4.69) is 5.32 Å². The summed E-state index contributed by atoms with van der Waals surface area (Å²) in [5.41, 5.74) is 2.11. The summed E-state index contributed by atoms with van der Waals surface area (Å²) >= 11 is 7.11. The van der Waals surface area contributed by atoms with E-state index in [4.69, 9.17) is 21.7 Å². The molecule has 0 unspecified atom stereocenters. The molecule has 8 heteroatoms. The molecule has 2 heterocycles. The lowest BCUT2D eigenvalue weighted by Gasteiger charge is -2.37. The van der Waals surface area contributed by atoms with Crippen LogP contribution in [0.1, 0.15) is 23.4 Å². The Hall–Kier alpha value is -2.29. The van der Waals surface area contributed by atoms with Gasteiger partial charge in [0.15, 0.2) is 5.11 Å². The van der Waals surface area contributed by atoms with Gasteiger partial charge in [-0.25, -0.2) is 9.18 Å². The van der Waals surface area contributed by atoms with E-state index in [9.17, 15) is 9.18 Å². The number of rotatable bonds is 7. The van der Waals surface area contributed by atoms with E-state index in [0.29, 0.717) is 29.5 Å². The lowest BCUT2D eigenvalue weighted by atomic mass is 10.0.